The van der Waals surface area contributed by atoms with Crippen LogP contribution in [0.25, 0.3) is 17.1 Å². The van der Waals surface area contributed by atoms with Crippen LogP contribution in [0.5, 0.6) is 0 Å². The van der Waals surface area contributed by atoms with Crippen LogP contribution >= 0.6 is 11.8 Å². The molecule has 2 heterocycles. The van der Waals surface area contributed by atoms with Crippen molar-refractivity contribution in [3.63, 3.8) is 0 Å². The van der Waals surface area contributed by atoms with Gasteiger partial charge in [-0.05, 0) is 49.2 Å². The highest BCUT2D eigenvalue weighted by atomic mass is 32.2. The second-order valence-corrected chi connectivity index (χ2v) is 8.91. The Morgan fingerprint density at radius 3 is 2.09 bits per heavy atom. The maximum Gasteiger partial charge on any atom is 0.261 e. The van der Waals surface area contributed by atoms with Crippen LogP contribution in [0.4, 0.5) is 4.39 Å². The molecule has 2 amide bonds. The van der Waals surface area contributed by atoms with E-state index in [4.69, 9.17) is 0 Å². The molecular formula is C26H21FN4O2S. The number of carbonyl (C=O) groups is 2. The highest BCUT2D eigenvalue weighted by molar-refractivity contribution is 7.99. The normalized spacial score (nSPS) is 12.9. The zero-order valence-corrected chi connectivity index (χ0v) is 19.0. The zero-order chi connectivity index (χ0) is 23.5. The Morgan fingerprint density at radius 2 is 1.41 bits per heavy atom. The van der Waals surface area contributed by atoms with Crippen LogP contribution in [0.3, 0.4) is 0 Å². The molecule has 5 rings (SSSR count). The van der Waals surface area contributed by atoms with E-state index < -0.39 is 0 Å². The number of amides is 2. The van der Waals surface area contributed by atoms with Crippen molar-refractivity contribution in [2.24, 2.45) is 0 Å². The molecule has 1 aromatic heterocycles. The molecule has 6 nitrogen and oxygen atoms in total. The molecule has 0 unspecified atom stereocenters. The fourth-order valence-electron chi connectivity index (χ4n) is 3.94. The second kappa shape index (κ2) is 9.61. The van der Waals surface area contributed by atoms with E-state index in [0.717, 1.165) is 23.4 Å². The third-order valence-electron chi connectivity index (χ3n) is 5.64. The molecule has 8 heteroatoms. The minimum Gasteiger partial charge on any atom is -0.274 e. The first kappa shape index (κ1) is 22.0. The van der Waals surface area contributed by atoms with E-state index in [1.54, 1.807) is 48.2 Å². The van der Waals surface area contributed by atoms with Gasteiger partial charge in [-0.15, -0.1) is 10.2 Å². The Hall–Kier alpha value is -3.78. The van der Waals surface area contributed by atoms with Crippen molar-refractivity contribution in [2.45, 2.75) is 18.0 Å². The van der Waals surface area contributed by atoms with E-state index in [1.165, 1.54) is 17.0 Å². The topological polar surface area (TPSA) is 68.1 Å². The number of hydrogen-bond donors (Lipinski definition) is 0. The molecule has 0 spiro atoms. The Morgan fingerprint density at radius 1 is 0.765 bits per heavy atom. The first-order valence-corrected chi connectivity index (χ1v) is 12.0. The summed E-state index contributed by atoms with van der Waals surface area (Å²) < 4.78 is 15.4. The van der Waals surface area contributed by atoms with Gasteiger partial charge in [-0.1, -0.05) is 54.2 Å². The molecule has 4 aromatic rings. The lowest BCUT2D eigenvalue weighted by molar-refractivity contribution is 0.0652. The van der Waals surface area contributed by atoms with Gasteiger partial charge in [0, 0.05) is 23.5 Å². The number of halogens is 1. The van der Waals surface area contributed by atoms with E-state index in [0.29, 0.717) is 35.1 Å². The van der Waals surface area contributed by atoms with Crippen LogP contribution in [0.2, 0.25) is 0 Å². The molecule has 170 valence electrons. The van der Waals surface area contributed by atoms with Crippen molar-refractivity contribution >= 4 is 23.6 Å². The van der Waals surface area contributed by atoms with E-state index in [-0.39, 0.29) is 17.6 Å². The third kappa shape index (κ3) is 4.24. The maximum atomic E-state index is 13.5. The summed E-state index contributed by atoms with van der Waals surface area (Å²) in [5.41, 5.74) is 2.64. The van der Waals surface area contributed by atoms with Crippen LogP contribution in [0.15, 0.2) is 84.0 Å². The van der Waals surface area contributed by atoms with Gasteiger partial charge in [0.15, 0.2) is 11.0 Å². The van der Waals surface area contributed by atoms with Crippen molar-refractivity contribution in [1.82, 2.24) is 19.7 Å². The molecule has 0 aliphatic carbocycles. The number of fused-ring (bicyclic) bond motifs is 1. The van der Waals surface area contributed by atoms with Gasteiger partial charge in [0.2, 0.25) is 0 Å². The number of thioether (sulfide) groups is 1. The van der Waals surface area contributed by atoms with Gasteiger partial charge in [0.25, 0.3) is 11.8 Å². The molecule has 0 radical (unpaired) electrons. The van der Waals surface area contributed by atoms with Gasteiger partial charge in [0.1, 0.15) is 5.82 Å². The first-order chi connectivity index (χ1) is 16.6. The Labute approximate surface area is 200 Å². The van der Waals surface area contributed by atoms with E-state index in [1.807, 2.05) is 34.9 Å². The minimum atomic E-state index is -0.305. The Kier molecular flexibility index (Phi) is 6.22. The molecule has 0 N–H and O–H groups in total. The largest absolute Gasteiger partial charge is 0.274 e. The number of benzene rings is 3. The molecule has 0 saturated carbocycles. The summed E-state index contributed by atoms with van der Waals surface area (Å²) in [4.78, 5) is 26.3. The average Bonchev–Trinajstić information content (AvgIpc) is 3.40. The summed E-state index contributed by atoms with van der Waals surface area (Å²) in [7, 11) is 0. The van der Waals surface area contributed by atoms with Crippen molar-refractivity contribution in [3.05, 3.63) is 95.8 Å². The number of aromatic nitrogens is 3. The number of unbranched alkanes of at least 4 members (excludes halogenated alkanes) is 1. The van der Waals surface area contributed by atoms with Gasteiger partial charge < -0.3 is 0 Å². The SMILES string of the molecule is O=C1c2ccccc2C(=O)N1CCCCSc1nnc(-c2ccccc2)n1-c1ccc(F)cc1. The molecular weight excluding hydrogens is 451 g/mol. The van der Waals surface area contributed by atoms with Crippen molar-refractivity contribution < 1.29 is 14.0 Å². The molecule has 0 bridgehead atoms. The number of carbonyl (C=O) groups excluding carboxylic acids is 2. The monoisotopic (exact) mass is 472 g/mol. The highest BCUT2D eigenvalue weighted by Crippen LogP contribution is 2.29. The number of imide groups is 1. The number of rotatable bonds is 8. The molecule has 34 heavy (non-hydrogen) atoms. The molecule has 3 aromatic carbocycles. The lowest BCUT2D eigenvalue weighted by atomic mass is 10.1. The van der Waals surface area contributed by atoms with E-state index >= 15 is 0 Å². The summed E-state index contributed by atoms with van der Waals surface area (Å²) >= 11 is 1.54. The van der Waals surface area contributed by atoms with Crippen LogP contribution in [-0.4, -0.2) is 43.8 Å². The van der Waals surface area contributed by atoms with Crippen LogP contribution in [0, 0.1) is 5.82 Å². The fourth-order valence-corrected chi connectivity index (χ4v) is 4.89. The van der Waals surface area contributed by atoms with E-state index in [9.17, 15) is 14.0 Å². The van der Waals surface area contributed by atoms with Crippen LogP contribution < -0.4 is 0 Å². The molecule has 0 fully saturated rings. The standard InChI is InChI=1S/C26H21FN4O2S/c27-19-12-14-20(15-13-19)31-23(18-8-2-1-3-9-18)28-29-26(31)34-17-7-6-16-30-24(32)21-10-4-5-11-22(21)25(30)33/h1-5,8-15H,6-7,16-17H2. The highest BCUT2D eigenvalue weighted by Gasteiger charge is 2.34. The lowest BCUT2D eigenvalue weighted by Crippen LogP contribution is -2.30. The minimum absolute atomic E-state index is 0.225. The third-order valence-corrected chi connectivity index (χ3v) is 6.65. The molecule has 1 aliphatic heterocycles. The predicted molar refractivity (Wildman–Crippen MR) is 129 cm³/mol. The fraction of sp³-hybridized carbons (Fsp3) is 0.154. The summed E-state index contributed by atoms with van der Waals surface area (Å²) in [5.74, 6) is 0.659. The molecule has 0 atom stereocenters. The summed E-state index contributed by atoms with van der Waals surface area (Å²) in [5, 5.41) is 9.47. The number of hydrogen-bond acceptors (Lipinski definition) is 5. The van der Waals surface area contributed by atoms with Crippen LogP contribution in [0.1, 0.15) is 33.6 Å². The Balaban J connectivity index is 1.26. The van der Waals surface area contributed by atoms with Gasteiger partial charge in [-0.3, -0.25) is 19.1 Å². The number of nitrogens with zero attached hydrogens (tertiary/aromatic N) is 4. The van der Waals surface area contributed by atoms with Gasteiger partial charge in [-0.25, -0.2) is 4.39 Å². The van der Waals surface area contributed by atoms with Gasteiger partial charge in [-0.2, -0.15) is 0 Å². The van der Waals surface area contributed by atoms with Gasteiger partial charge in [0.05, 0.1) is 11.1 Å². The Bertz CT molecular complexity index is 1300. The maximum absolute atomic E-state index is 13.5. The van der Waals surface area contributed by atoms with Crippen molar-refractivity contribution in [2.75, 3.05) is 12.3 Å². The molecule has 0 saturated heterocycles. The summed E-state index contributed by atoms with van der Waals surface area (Å²) in [6.45, 7) is 0.382. The van der Waals surface area contributed by atoms with Crippen molar-refractivity contribution in [3.8, 4) is 17.1 Å². The van der Waals surface area contributed by atoms with Gasteiger partial charge >= 0.3 is 0 Å². The van der Waals surface area contributed by atoms with Crippen molar-refractivity contribution in [1.29, 1.82) is 0 Å². The smallest absolute Gasteiger partial charge is 0.261 e. The van der Waals surface area contributed by atoms with E-state index in [2.05, 4.69) is 10.2 Å². The zero-order valence-electron chi connectivity index (χ0n) is 18.2. The second-order valence-electron chi connectivity index (χ2n) is 7.85. The molecule has 1 aliphatic rings. The first-order valence-electron chi connectivity index (χ1n) is 11.0. The quantitative estimate of drug-likeness (QED) is 0.199. The van der Waals surface area contributed by atoms with Crippen LogP contribution in [-0.2, 0) is 0 Å². The summed E-state index contributed by atoms with van der Waals surface area (Å²) in [6, 6.07) is 22.9. The summed E-state index contributed by atoms with van der Waals surface area (Å²) in [6.07, 6.45) is 1.48. The average molecular weight is 473 g/mol. The predicted octanol–water partition coefficient (Wildman–Crippen LogP) is 5.24. The lowest BCUT2D eigenvalue weighted by Gasteiger charge is -2.13.